The van der Waals surface area contributed by atoms with Crippen LogP contribution in [0.5, 0.6) is 0 Å². The Morgan fingerprint density at radius 1 is 1.18 bits per heavy atom. The van der Waals surface area contributed by atoms with Crippen molar-refractivity contribution >= 4 is 17.5 Å². The van der Waals surface area contributed by atoms with Gasteiger partial charge in [0.1, 0.15) is 5.82 Å². The van der Waals surface area contributed by atoms with E-state index in [4.69, 9.17) is 0 Å². The Morgan fingerprint density at radius 3 is 2.45 bits per heavy atom. The van der Waals surface area contributed by atoms with Gasteiger partial charge in [0.15, 0.2) is 0 Å². The summed E-state index contributed by atoms with van der Waals surface area (Å²) in [4.78, 5) is 12.1. The van der Waals surface area contributed by atoms with Crippen molar-refractivity contribution in [1.29, 1.82) is 0 Å². The van der Waals surface area contributed by atoms with Gasteiger partial charge in [-0.05, 0) is 41.9 Å². The van der Waals surface area contributed by atoms with E-state index in [9.17, 15) is 4.79 Å². The number of aromatic nitrogens is 2. The third kappa shape index (κ3) is 3.30. The molecule has 0 bridgehead atoms. The van der Waals surface area contributed by atoms with Crippen LogP contribution in [0.4, 0.5) is 16.3 Å². The number of rotatable bonds is 3. The van der Waals surface area contributed by atoms with E-state index in [1.54, 1.807) is 6.20 Å². The number of hydrogen-bond acceptors (Lipinski definition) is 2. The van der Waals surface area contributed by atoms with Crippen LogP contribution in [0.15, 0.2) is 30.5 Å². The molecule has 0 spiro atoms. The molecule has 5 heteroatoms. The zero-order chi connectivity index (χ0) is 15.7. The number of anilines is 2. The number of H-pyrrole nitrogens is 1. The summed E-state index contributed by atoms with van der Waals surface area (Å²) < 4.78 is 0. The lowest BCUT2D eigenvalue weighted by Gasteiger charge is -2.19. The molecule has 22 heavy (non-hydrogen) atoms. The molecule has 2 aromatic rings. The summed E-state index contributed by atoms with van der Waals surface area (Å²) in [7, 11) is 0. The Hall–Kier alpha value is -2.30. The predicted octanol–water partition coefficient (Wildman–Crippen LogP) is 4.23. The van der Waals surface area contributed by atoms with Gasteiger partial charge in [-0.3, -0.25) is 10.4 Å². The Bertz CT molecular complexity index is 663. The average Bonchev–Trinajstić information content (AvgIpc) is 3.19. The lowest BCUT2D eigenvalue weighted by molar-refractivity contribution is 0.262. The molecule has 0 atom stereocenters. The highest BCUT2D eigenvalue weighted by Crippen LogP contribution is 2.42. The van der Waals surface area contributed by atoms with Crippen LogP contribution in [0.25, 0.3) is 0 Å². The highest BCUT2D eigenvalue weighted by atomic mass is 16.2. The second kappa shape index (κ2) is 5.48. The van der Waals surface area contributed by atoms with Gasteiger partial charge >= 0.3 is 6.03 Å². The number of nitrogens with one attached hydrogen (secondary N) is 3. The van der Waals surface area contributed by atoms with Crippen LogP contribution in [-0.4, -0.2) is 16.2 Å². The van der Waals surface area contributed by atoms with Gasteiger partial charge in [-0.2, -0.15) is 5.10 Å². The van der Waals surface area contributed by atoms with E-state index in [2.05, 4.69) is 41.6 Å². The third-order valence-electron chi connectivity index (χ3n) is 3.93. The maximum Gasteiger partial charge on any atom is 0.324 e. The monoisotopic (exact) mass is 298 g/mol. The van der Waals surface area contributed by atoms with Crippen molar-refractivity contribution < 1.29 is 4.79 Å². The first-order valence-corrected chi connectivity index (χ1v) is 7.65. The molecule has 1 fully saturated rings. The fraction of sp³-hybridized carbons (Fsp3) is 0.412. The molecule has 1 aromatic heterocycles. The average molecular weight is 298 g/mol. The molecule has 0 aliphatic heterocycles. The van der Waals surface area contributed by atoms with E-state index >= 15 is 0 Å². The topological polar surface area (TPSA) is 69.8 Å². The van der Waals surface area contributed by atoms with E-state index in [-0.39, 0.29) is 11.4 Å². The summed E-state index contributed by atoms with van der Waals surface area (Å²) in [5.41, 5.74) is 3.22. The minimum Gasteiger partial charge on any atom is -0.308 e. The standard InChI is InChI=1S/C17H22N4O/c1-17(2,3)12-6-8-13(9-7-12)19-16(22)20-15-14(10-18-21-15)11-4-5-11/h6-11H,4-5H2,1-3H3,(H3,18,19,20,21,22). The summed E-state index contributed by atoms with van der Waals surface area (Å²) in [6.45, 7) is 6.50. The van der Waals surface area contributed by atoms with Crippen LogP contribution in [0.2, 0.25) is 0 Å². The van der Waals surface area contributed by atoms with Crippen molar-refractivity contribution in [2.75, 3.05) is 10.6 Å². The zero-order valence-corrected chi connectivity index (χ0v) is 13.2. The van der Waals surface area contributed by atoms with Crippen molar-refractivity contribution in [1.82, 2.24) is 10.2 Å². The van der Waals surface area contributed by atoms with Gasteiger partial charge in [0.2, 0.25) is 0 Å². The van der Waals surface area contributed by atoms with Crippen molar-refractivity contribution in [3.05, 3.63) is 41.6 Å². The summed E-state index contributed by atoms with van der Waals surface area (Å²) in [6, 6.07) is 7.68. The highest BCUT2D eigenvalue weighted by molar-refractivity contribution is 5.99. The van der Waals surface area contributed by atoms with Crippen LogP contribution in [-0.2, 0) is 5.41 Å². The molecule has 5 nitrogen and oxygen atoms in total. The van der Waals surface area contributed by atoms with E-state index in [1.165, 1.54) is 18.4 Å². The van der Waals surface area contributed by atoms with Crippen molar-refractivity contribution in [2.24, 2.45) is 0 Å². The number of benzene rings is 1. The number of carbonyl (C=O) groups is 1. The molecule has 3 N–H and O–H groups in total. The molecule has 2 amide bonds. The molecule has 0 unspecified atom stereocenters. The molecule has 116 valence electrons. The Morgan fingerprint density at radius 2 is 1.86 bits per heavy atom. The first kappa shape index (κ1) is 14.6. The maximum absolute atomic E-state index is 12.1. The zero-order valence-electron chi connectivity index (χ0n) is 13.2. The normalized spacial score (nSPS) is 14.7. The van der Waals surface area contributed by atoms with Crippen LogP contribution < -0.4 is 10.6 Å². The lowest BCUT2D eigenvalue weighted by atomic mass is 9.87. The molecule has 1 aromatic carbocycles. The van der Waals surface area contributed by atoms with Gasteiger partial charge < -0.3 is 5.32 Å². The smallest absolute Gasteiger partial charge is 0.308 e. The summed E-state index contributed by atoms with van der Waals surface area (Å²) in [5.74, 6) is 1.24. The quantitative estimate of drug-likeness (QED) is 0.793. The SMILES string of the molecule is CC(C)(C)c1ccc(NC(=O)Nc2[nH]ncc2C2CC2)cc1. The fourth-order valence-electron chi connectivity index (χ4n) is 2.43. The highest BCUT2D eigenvalue weighted by Gasteiger charge is 2.28. The number of nitrogens with zero attached hydrogens (tertiary/aromatic N) is 1. The van der Waals surface area contributed by atoms with Gasteiger partial charge in [-0.1, -0.05) is 32.9 Å². The van der Waals surface area contributed by atoms with E-state index < -0.39 is 0 Å². The Labute approximate surface area is 130 Å². The first-order valence-electron chi connectivity index (χ1n) is 7.65. The largest absolute Gasteiger partial charge is 0.324 e. The molecule has 1 aliphatic rings. The van der Waals surface area contributed by atoms with E-state index in [1.807, 2.05) is 24.3 Å². The molecule has 0 saturated heterocycles. The minimum atomic E-state index is -0.255. The van der Waals surface area contributed by atoms with Crippen molar-refractivity contribution in [3.63, 3.8) is 0 Å². The summed E-state index contributed by atoms with van der Waals surface area (Å²) >= 11 is 0. The third-order valence-corrected chi connectivity index (χ3v) is 3.93. The maximum atomic E-state index is 12.1. The van der Waals surface area contributed by atoms with Crippen LogP contribution >= 0.6 is 0 Å². The molecular weight excluding hydrogens is 276 g/mol. The summed E-state index contributed by atoms with van der Waals surface area (Å²) in [6.07, 6.45) is 4.14. The van der Waals surface area contributed by atoms with Crippen LogP contribution in [0.1, 0.15) is 50.7 Å². The van der Waals surface area contributed by atoms with E-state index in [0.717, 1.165) is 11.3 Å². The number of aromatic amines is 1. The van der Waals surface area contributed by atoms with Gasteiger partial charge in [0.25, 0.3) is 0 Å². The molecule has 1 aliphatic carbocycles. The molecular formula is C17H22N4O. The van der Waals surface area contributed by atoms with E-state index in [0.29, 0.717) is 11.7 Å². The van der Waals surface area contributed by atoms with Gasteiger partial charge in [-0.25, -0.2) is 4.79 Å². The fourth-order valence-corrected chi connectivity index (χ4v) is 2.43. The molecule has 1 saturated carbocycles. The van der Waals surface area contributed by atoms with Gasteiger partial charge in [0.05, 0.1) is 6.20 Å². The Kier molecular flexibility index (Phi) is 3.64. The number of carbonyl (C=O) groups excluding carboxylic acids is 1. The van der Waals surface area contributed by atoms with Crippen LogP contribution in [0, 0.1) is 0 Å². The number of amides is 2. The molecule has 1 heterocycles. The van der Waals surface area contributed by atoms with Gasteiger partial charge in [0, 0.05) is 11.3 Å². The first-order chi connectivity index (χ1) is 10.4. The van der Waals surface area contributed by atoms with Crippen molar-refractivity contribution in [3.8, 4) is 0 Å². The number of hydrogen-bond donors (Lipinski definition) is 3. The van der Waals surface area contributed by atoms with Crippen molar-refractivity contribution in [2.45, 2.75) is 44.9 Å². The lowest BCUT2D eigenvalue weighted by Crippen LogP contribution is -2.20. The molecule has 0 radical (unpaired) electrons. The van der Waals surface area contributed by atoms with Gasteiger partial charge in [-0.15, -0.1) is 0 Å². The minimum absolute atomic E-state index is 0.107. The number of urea groups is 1. The van der Waals surface area contributed by atoms with Crippen LogP contribution in [0.3, 0.4) is 0 Å². The second-order valence-electron chi connectivity index (χ2n) is 6.88. The second-order valence-corrected chi connectivity index (χ2v) is 6.88. The molecule has 3 rings (SSSR count). The predicted molar refractivity (Wildman–Crippen MR) is 88.3 cm³/mol. The summed E-state index contributed by atoms with van der Waals surface area (Å²) in [5, 5.41) is 12.6. The Balaban J connectivity index is 1.63.